The maximum absolute atomic E-state index is 11.7. The normalized spacial score (nSPS) is 11.1. The summed E-state index contributed by atoms with van der Waals surface area (Å²) in [6.07, 6.45) is 13.4. The number of ketones is 1. The molecule has 0 aliphatic heterocycles. The number of unbranched alkanes of at least 4 members (excludes halogenated alkanes) is 5. The predicted octanol–water partition coefficient (Wildman–Crippen LogP) is 5.58. The quantitative estimate of drug-likeness (QED) is 0.265. The number of rotatable bonds is 13. The summed E-state index contributed by atoms with van der Waals surface area (Å²) >= 11 is 1.76. The van der Waals surface area contributed by atoms with Crippen molar-refractivity contribution < 1.29 is 14.3 Å². The Kier molecular flexibility index (Phi) is 11.1. The smallest absolute Gasteiger partial charge is 0.305 e. The third kappa shape index (κ3) is 9.66. The summed E-state index contributed by atoms with van der Waals surface area (Å²) in [5.41, 5.74) is 0. The number of carbonyl (C=O) groups excluding carboxylic acids is 2. The van der Waals surface area contributed by atoms with E-state index in [1.54, 1.807) is 17.4 Å². The molecule has 0 aliphatic carbocycles. The summed E-state index contributed by atoms with van der Waals surface area (Å²) in [7, 11) is 1.43. The van der Waals surface area contributed by atoms with Gasteiger partial charge in [0.15, 0.2) is 5.78 Å². The monoisotopic (exact) mass is 350 g/mol. The van der Waals surface area contributed by atoms with Gasteiger partial charge >= 0.3 is 5.97 Å². The lowest BCUT2D eigenvalue weighted by atomic mass is 10.1. The minimum absolute atomic E-state index is 0.117. The Morgan fingerprint density at radius 2 is 1.79 bits per heavy atom. The van der Waals surface area contributed by atoms with Gasteiger partial charge in [-0.3, -0.25) is 9.59 Å². The highest BCUT2D eigenvalue weighted by molar-refractivity contribution is 7.12. The molecule has 0 saturated carbocycles. The van der Waals surface area contributed by atoms with Crippen LogP contribution in [-0.2, 0) is 20.7 Å². The van der Waals surface area contributed by atoms with Crippen molar-refractivity contribution in [3.05, 3.63) is 28.0 Å². The van der Waals surface area contributed by atoms with Crippen LogP contribution in [0, 0.1) is 0 Å². The van der Waals surface area contributed by atoms with Gasteiger partial charge in [0.05, 0.1) is 7.11 Å². The standard InChI is InChI=1S/C20H30O3S/c1-3-4-7-10-17(21)13-14-19-16-15-18(24-19)11-8-5-6-9-12-20(22)23-2/h13-16H,3-12H2,1-2H3. The zero-order valence-electron chi connectivity index (χ0n) is 15.0. The Hall–Kier alpha value is -1.42. The molecule has 0 fully saturated rings. The van der Waals surface area contributed by atoms with Crippen LogP contribution < -0.4 is 0 Å². The van der Waals surface area contributed by atoms with Crippen molar-refractivity contribution in [1.82, 2.24) is 0 Å². The molecule has 1 rings (SSSR count). The van der Waals surface area contributed by atoms with E-state index in [4.69, 9.17) is 0 Å². The third-order valence-electron chi connectivity index (χ3n) is 3.92. The second kappa shape index (κ2) is 12.9. The summed E-state index contributed by atoms with van der Waals surface area (Å²) in [4.78, 5) is 25.2. The molecule has 0 bridgehead atoms. The fourth-order valence-corrected chi connectivity index (χ4v) is 3.41. The molecule has 0 unspecified atom stereocenters. The van der Waals surface area contributed by atoms with Gasteiger partial charge in [0.2, 0.25) is 0 Å². The van der Waals surface area contributed by atoms with Crippen molar-refractivity contribution in [2.24, 2.45) is 0 Å². The lowest BCUT2D eigenvalue weighted by Gasteiger charge is -2.00. The molecular weight excluding hydrogens is 320 g/mol. The Balaban J connectivity index is 2.19. The maximum Gasteiger partial charge on any atom is 0.305 e. The summed E-state index contributed by atoms with van der Waals surface area (Å²) in [5, 5.41) is 0. The average molecular weight is 351 g/mol. The van der Waals surface area contributed by atoms with Crippen LogP contribution in [0.3, 0.4) is 0 Å². The molecule has 3 nitrogen and oxygen atoms in total. The van der Waals surface area contributed by atoms with E-state index in [2.05, 4.69) is 23.8 Å². The zero-order valence-corrected chi connectivity index (χ0v) is 15.8. The maximum atomic E-state index is 11.7. The summed E-state index contributed by atoms with van der Waals surface area (Å²) in [6.45, 7) is 2.15. The molecule has 0 radical (unpaired) electrons. The van der Waals surface area contributed by atoms with Crippen LogP contribution in [0.25, 0.3) is 6.08 Å². The summed E-state index contributed by atoms with van der Waals surface area (Å²) in [5.74, 6) is 0.109. The number of ether oxygens (including phenoxy) is 1. The van der Waals surface area contributed by atoms with Crippen molar-refractivity contribution in [3.63, 3.8) is 0 Å². The molecule has 0 aliphatic rings. The molecule has 0 spiro atoms. The molecule has 1 aromatic heterocycles. The van der Waals surface area contributed by atoms with Crippen molar-refractivity contribution in [2.45, 2.75) is 71.1 Å². The second-order valence-corrected chi connectivity index (χ2v) is 7.25. The van der Waals surface area contributed by atoms with Crippen LogP contribution in [0.15, 0.2) is 18.2 Å². The number of hydrogen-bond donors (Lipinski definition) is 0. The van der Waals surface area contributed by atoms with E-state index in [0.29, 0.717) is 12.8 Å². The van der Waals surface area contributed by atoms with Gasteiger partial charge in [0, 0.05) is 22.6 Å². The van der Waals surface area contributed by atoms with Crippen LogP contribution in [0.5, 0.6) is 0 Å². The first-order chi connectivity index (χ1) is 11.7. The fourth-order valence-electron chi connectivity index (χ4n) is 2.45. The Morgan fingerprint density at radius 3 is 2.54 bits per heavy atom. The largest absolute Gasteiger partial charge is 0.469 e. The molecule has 4 heteroatoms. The van der Waals surface area contributed by atoms with Crippen LogP contribution in [0.2, 0.25) is 0 Å². The van der Waals surface area contributed by atoms with Gasteiger partial charge in [-0.1, -0.05) is 32.6 Å². The van der Waals surface area contributed by atoms with Crippen LogP contribution in [-0.4, -0.2) is 18.9 Å². The highest BCUT2D eigenvalue weighted by atomic mass is 32.1. The summed E-state index contributed by atoms with van der Waals surface area (Å²) in [6, 6.07) is 4.24. The minimum Gasteiger partial charge on any atom is -0.469 e. The molecule has 0 aromatic carbocycles. The fraction of sp³-hybridized carbons (Fsp3) is 0.600. The predicted molar refractivity (Wildman–Crippen MR) is 101 cm³/mol. The number of thiophene rings is 1. The Labute approximate surface area is 150 Å². The van der Waals surface area contributed by atoms with Crippen LogP contribution in [0.1, 0.15) is 74.5 Å². The van der Waals surface area contributed by atoms with Gasteiger partial charge in [0.1, 0.15) is 0 Å². The van der Waals surface area contributed by atoms with Crippen molar-refractivity contribution in [3.8, 4) is 0 Å². The van der Waals surface area contributed by atoms with Gasteiger partial charge in [-0.05, 0) is 50.0 Å². The van der Waals surface area contributed by atoms with E-state index in [0.717, 1.165) is 56.2 Å². The molecule has 1 heterocycles. The van der Waals surface area contributed by atoms with Crippen LogP contribution >= 0.6 is 11.3 Å². The highest BCUT2D eigenvalue weighted by Gasteiger charge is 2.02. The molecule has 0 atom stereocenters. The molecule has 134 valence electrons. The van der Waals surface area contributed by atoms with Gasteiger partial charge < -0.3 is 4.74 Å². The average Bonchev–Trinajstić information content (AvgIpc) is 3.04. The number of allylic oxidation sites excluding steroid dienone is 1. The van der Waals surface area contributed by atoms with E-state index in [9.17, 15) is 9.59 Å². The second-order valence-electron chi connectivity index (χ2n) is 6.05. The number of methoxy groups -OCH3 is 1. The van der Waals surface area contributed by atoms with Gasteiger partial charge in [-0.15, -0.1) is 11.3 Å². The van der Waals surface area contributed by atoms with Gasteiger partial charge in [-0.25, -0.2) is 0 Å². The van der Waals surface area contributed by atoms with Crippen molar-refractivity contribution >= 4 is 29.2 Å². The SMILES string of the molecule is CCCCCC(=O)C=Cc1ccc(CCCCCCC(=O)OC)s1. The van der Waals surface area contributed by atoms with E-state index in [1.807, 2.05) is 6.08 Å². The summed E-state index contributed by atoms with van der Waals surface area (Å²) < 4.78 is 4.63. The number of carbonyl (C=O) groups is 2. The van der Waals surface area contributed by atoms with E-state index >= 15 is 0 Å². The Bertz CT molecular complexity index is 517. The molecule has 1 aromatic rings. The van der Waals surface area contributed by atoms with E-state index in [1.165, 1.54) is 12.0 Å². The first-order valence-electron chi connectivity index (χ1n) is 9.02. The number of hydrogen-bond acceptors (Lipinski definition) is 4. The van der Waals surface area contributed by atoms with Gasteiger partial charge in [0.25, 0.3) is 0 Å². The van der Waals surface area contributed by atoms with Crippen LogP contribution in [0.4, 0.5) is 0 Å². The lowest BCUT2D eigenvalue weighted by molar-refractivity contribution is -0.140. The number of aryl methyl sites for hydroxylation is 1. The van der Waals surface area contributed by atoms with Gasteiger partial charge in [-0.2, -0.15) is 0 Å². The van der Waals surface area contributed by atoms with E-state index < -0.39 is 0 Å². The number of esters is 1. The zero-order chi connectivity index (χ0) is 17.6. The van der Waals surface area contributed by atoms with Crippen molar-refractivity contribution in [1.29, 1.82) is 0 Å². The molecule has 0 N–H and O–H groups in total. The highest BCUT2D eigenvalue weighted by Crippen LogP contribution is 2.20. The molecule has 24 heavy (non-hydrogen) atoms. The first kappa shape index (κ1) is 20.6. The molecule has 0 amide bonds. The third-order valence-corrected chi connectivity index (χ3v) is 5.03. The topological polar surface area (TPSA) is 43.4 Å². The molecule has 0 saturated heterocycles. The minimum atomic E-state index is -0.117. The first-order valence-corrected chi connectivity index (χ1v) is 9.83. The van der Waals surface area contributed by atoms with E-state index in [-0.39, 0.29) is 11.8 Å². The Morgan fingerprint density at radius 1 is 1.04 bits per heavy atom. The van der Waals surface area contributed by atoms with Crippen molar-refractivity contribution in [2.75, 3.05) is 7.11 Å². The lowest BCUT2D eigenvalue weighted by Crippen LogP contribution is -1.99. The molecular formula is C20H30O3S.